The van der Waals surface area contributed by atoms with Crippen LogP contribution < -0.4 is 0 Å². The summed E-state index contributed by atoms with van der Waals surface area (Å²) in [6, 6.07) is 0. The minimum atomic E-state index is -0.370. The molecular weight excluding hydrogens is 207 g/mol. The molecule has 1 unspecified atom stereocenters. The van der Waals surface area contributed by atoms with Gasteiger partial charge >= 0.3 is 0 Å². The van der Waals surface area contributed by atoms with Crippen molar-refractivity contribution in [2.45, 2.75) is 12.5 Å². The van der Waals surface area contributed by atoms with Gasteiger partial charge in [0.25, 0.3) is 0 Å². The minimum absolute atomic E-state index is 0.370. The van der Waals surface area contributed by atoms with Gasteiger partial charge in [0.05, 0.1) is 12.7 Å². The quantitative estimate of drug-likeness (QED) is 0.537. The lowest BCUT2D eigenvalue weighted by Gasteiger charge is -1.99. The van der Waals surface area contributed by atoms with Crippen LogP contribution in [0.1, 0.15) is 6.42 Å². The van der Waals surface area contributed by atoms with Crippen LogP contribution in [0, 0.1) is 6.61 Å². The molecule has 0 fully saturated rings. The van der Waals surface area contributed by atoms with Crippen LogP contribution in [0.15, 0.2) is 0 Å². The molecule has 0 aliphatic carbocycles. The topological polar surface area (TPSA) is 40.5 Å². The van der Waals surface area contributed by atoms with Gasteiger partial charge in [-0.2, -0.15) is 0 Å². The summed E-state index contributed by atoms with van der Waals surface area (Å²) in [5, 5.41) is 16.7. The van der Waals surface area contributed by atoms with E-state index >= 15 is 0 Å². The highest BCUT2D eigenvalue weighted by atomic mass is 127. The Morgan fingerprint density at radius 1 is 1.71 bits per heavy atom. The Hall–Kier alpha value is 0.650. The molecule has 0 aliphatic rings. The second-order valence-corrected chi connectivity index (χ2v) is 2.11. The first-order chi connectivity index (χ1) is 3.31. The summed E-state index contributed by atoms with van der Waals surface area (Å²) >= 11 is 2.06. The molecule has 0 saturated heterocycles. The fourth-order valence-corrected chi connectivity index (χ4v) is 0.544. The molecule has 0 aromatic heterocycles. The third-order valence-corrected chi connectivity index (χ3v) is 1.57. The number of hydrogen-bond acceptors (Lipinski definition) is 2. The molecule has 0 spiro atoms. The lowest BCUT2D eigenvalue weighted by Crippen LogP contribution is -2.06. The summed E-state index contributed by atoms with van der Waals surface area (Å²) in [6.07, 6.45) is 0.00810. The fourth-order valence-electron chi connectivity index (χ4n) is 0.185. The van der Waals surface area contributed by atoms with Gasteiger partial charge in [-0.15, -0.1) is 0 Å². The number of hydrogen-bond donors (Lipinski definition) is 2. The second-order valence-electron chi connectivity index (χ2n) is 1.23. The maximum Gasteiger partial charge on any atom is 0.0825 e. The highest BCUT2D eigenvalue weighted by Gasteiger charge is 1.97. The molecule has 0 saturated carbocycles. The van der Waals surface area contributed by atoms with Gasteiger partial charge in [-0.1, -0.05) is 22.6 Å². The molecule has 3 heteroatoms. The first-order valence-corrected chi connectivity index (χ1v) is 3.53. The normalized spacial score (nSPS) is 14.1. The van der Waals surface area contributed by atoms with E-state index in [1.165, 1.54) is 0 Å². The van der Waals surface area contributed by atoms with Crippen LogP contribution in [0.25, 0.3) is 0 Å². The van der Waals surface area contributed by atoms with Gasteiger partial charge in [0, 0.05) is 10.8 Å². The standard InChI is InChI=1S/C4H8IO2/c5-3-4(7)1-2-6/h2,4,6-7H,1,3H2. The van der Waals surface area contributed by atoms with Crippen molar-refractivity contribution in [1.82, 2.24) is 0 Å². The van der Waals surface area contributed by atoms with Gasteiger partial charge in [0.1, 0.15) is 0 Å². The van der Waals surface area contributed by atoms with E-state index in [2.05, 4.69) is 22.6 Å². The van der Waals surface area contributed by atoms with Crippen LogP contribution in [-0.4, -0.2) is 20.7 Å². The molecule has 0 bridgehead atoms. The van der Waals surface area contributed by atoms with Crippen molar-refractivity contribution in [1.29, 1.82) is 0 Å². The molecule has 1 radical (unpaired) electrons. The highest BCUT2D eigenvalue weighted by Crippen LogP contribution is 1.96. The number of alkyl halides is 1. The maximum atomic E-state index is 8.66. The molecule has 0 amide bonds. The largest absolute Gasteiger partial charge is 0.392 e. The molecule has 43 valence electrons. The Morgan fingerprint density at radius 2 is 2.29 bits per heavy atom. The highest BCUT2D eigenvalue weighted by molar-refractivity contribution is 14.1. The zero-order chi connectivity index (χ0) is 5.70. The van der Waals surface area contributed by atoms with Gasteiger partial charge in [-0.05, 0) is 0 Å². The molecule has 0 aliphatic heterocycles. The lowest BCUT2D eigenvalue weighted by molar-refractivity contribution is 0.180. The van der Waals surface area contributed by atoms with Crippen LogP contribution in [-0.2, 0) is 0 Å². The summed E-state index contributed by atoms with van der Waals surface area (Å²) < 4.78 is 0.675. The van der Waals surface area contributed by atoms with Crippen LogP contribution in [0.2, 0.25) is 0 Å². The summed E-state index contributed by atoms with van der Waals surface area (Å²) in [4.78, 5) is 0. The zero-order valence-corrected chi connectivity index (χ0v) is 6.00. The number of rotatable bonds is 3. The third kappa shape index (κ3) is 4.50. The van der Waals surface area contributed by atoms with Gasteiger partial charge < -0.3 is 10.2 Å². The van der Waals surface area contributed by atoms with E-state index < -0.39 is 0 Å². The van der Waals surface area contributed by atoms with E-state index in [4.69, 9.17) is 10.2 Å². The first-order valence-electron chi connectivity index (χ1n) is 2.01. The predicted octanol–water partition coefficient (Wildman–Crippen LogP) is 0.707. The van der Waals surface area contributed by atoms with Gasteiger partial charge in [0.15, 0.2) is 0 Å². The van der Waals surface area contributed by atoms with Crippen molar-refractivity contribution in [3.8, 4) is 0 Å². The average molecular weight is 215 g/mol. The number of aliphatic hydroxyl groups is 2. The van der Waals surface area contributed by atoms with Crippen LogP contribution in [0.4, 0.5) is 0 Å². The van der Waals surface area contributed by atoms with Gasteiger partial charge in [0.2, 0.25) is 0 Å². The van der Waals surface area contributed by atoms with E-state index in [1.54, 1.807) is 0 Å². The molecule has 0 rings (SSSR count). The molecule has 0 aromatic rings. The van der Waals surface area contributed by atoms with Gasteiger partial charge in [-0.3, -0.25) is 0 Å². The minimum Gasteiger partial charge on any atom is -0.392 e. The van der Waals surface area contributed by atoms with Crippen molar-refractivity contribution in [2.75, 3.05) is 4.43 Å². The van der Waals surface area contributed by atoms with Crippen LogP contribution >= 0.6 is 22.6 Å². The van der Waals surface area contributed by atoms with Crippen LogP contribution in [0.3, 0.4) is 0 Å². The zero-order valence-electron chi connectivity index (χ0n) is 3.84. The molecule has 1 atom stereocenters. The van der Waals surface area contributed by atoms with E-state index in [9.17, 15) is 0 Å². The first kappa shape index (κ1) is 7.65. The SMILES string of the molecule is O[CH]CC(O)CI. The van der Waals surface area contributed by atoms with Crippen molar-refractivity contribution < 1.29 is 10.2 Å². The smallest absolute Gasteiger partial charge is 0.0825 e. The third-order valence-electron chi connectivity index (χ3n) is 0.556. The lowest BCUT2D eigenvalue weighted by atomic mass is 10.3. The van der Waals surface area contributed by atoms with Crippen molar-refractivity contribution >= 4 is 22.6 Å². The van der Waals surface area contributed by atoms with Crippen LogP contribution in [0.5, 0.6) is 0 Å². The van der Waals surface area contributed by atoms with E-state index in [1.807, 2.05) is 0 Å². The van der Waals surface area contributed by atoms with E-state index in [0.29, 0.717) is 10.8 Å². The summed E-state index contributed by atoms with van der Waals surface area (Å²) in [5.41, 5.74) is 0. The van der Waals surface area contributed by atoms with Gasteiger partial charge in [-0.25, -0.2) is 0 Å². The Balaban J connectivity index is 2.83. The Bertz CT molecular complexity index is 40.7. The Labute approximate surface area is 56.7 Å². The number of halogens is 1. The Kier molecular flexibility index (Phi) is 5.25. The van der Waals surface area contributed by atoms with Crippen molar-refractivity contribution in [3.63, 3.8) is 0 Å². The average Bonchev–Trinajstić information content (AvgIpc) is 1.68. The Morgan fingerprint density at radius 3 is 2.43 bits per heavy atom. The van der Waals surface area contributed by atoms with Crippen molar-refractivity contribution in [2.24, 2.45) is 0 Å². The summed E-state index contributed by atoms with van der Waals surface area (Å²) in [5.74, 6) is 0. The molecule has 2 nitrogen and oxygen atoms in total. The maximum absolute atomic E-state index is 8.66. The second kappa shape index (κ2) is 4.80. The molecule has 0 heterocycles. The monoisotopic (exact) mass is 215 g/mol. The summed E-state index contributed by atoms with van der Waals surface area (Å²) in [6.45, 7) is 0.976. The molecule has 2 N–H and O–H groups in total. The van der Waals surface area contributed by atoms with E-state index in [-0.39, 0.29) is 6.10 Å². The fraction of sp³-hybridized carbons (Fsp3) is 0.750. The number of aliphatic hydroxyl groups excluding tert-OH is 2. The molecule has 0 aromatic carbocycles. The van der Waals surface area contributed by atoms with E-state index in [0.717, 1.165) is 6.61 Å². The predicted molar refractivity (Wildman–Crippen MR) is 35.7 cm³/mol. The molecular formula is C4H8IO2. The summed E-state index contributed by atoms with van der Waals surface area (Å²) in [7, 11) is 0. The van der Waals surface area contributed by atoms with Crippen molar-refractivity contribution in [3.05, 3.63) is 6.61 Å². The molecule has 7 heavy (non-hydrogen) atoms.